The summed E-state index contributed by atoms with van der Waals surface area (Å²) in [4.78, 5) is 12.1. The third-order valence-electron chi connectivity index (χ3n) is 2.59. The monoisotopic (exact) mass is 297 g/mol. The Morgan fingerprint density at radius 1 is 1.15 bits per heavy atom. The summed E-state index contributed by atoms with van der Waals surface area (Å²) in [6, 6.07) is 7.12. The third kappa shape index (κ3) is 3.05. The molecule has 0 aromatic heterocycles. The van der Waals surface area contributed by atoms with Crippen LogP contribution in [0, 0.1) is 11.6 Å². The van der Waals surface area contributed by atoms with E-state index < -0.39 is 17.5 Å². The van der Waals surface area contributed by atoms with Crippen LogP contribution >= 0.6 is 11.6 Å². The van der Waals surface area contributed by atoms with E-state index in [1.165, 1.54) is 25.3 Å². The van der Waals surface area contributed by atoms with Gasteiger partial charge < -0.3 is 10.1 Å². The van der Waals surface area contributed by atoms with Crippen LogP contribution in [0.5, 0.6) is 5.75 Å². The number of ether oxygens (including phenoxy) is 1. The van der Waals surface area contributed by atoms with Crippen molar-refractivity contribution in [3.8, 4) is 5.75 Å². The molecule has 0 aliphatic carbocycles. The molecular weight excluding hydrogens is 288 g/mol. The summed E-state index contributed by atoms with van der Waals surface area (Å²) in [5.41, 5.74) is 0.247. The van der Waals surface area contributed by atoms with Crippen molar-refractivity contribution in [2.75, 3.05) is 12.4 Å². The zero-order chi connectivity index (χ0) is 14.7. The van der Waals surface area contributed by atoms with Crippen LogP contribution < -0.4 is 10.1 Å². The van der Waals surface area contributed by atoms with Gasteiger partial charge in [-0.15, -0.1) is 0 Å². The van der Waals surface area contributed by atoms with Gasteiger partial charge >= 0.3 is 0 Å². The summed E-state index contributed by atoms with van der Waals surface area (Å²) < 4.78 is 31.1. The number of carbonyl (C=O) groups is 1. The van der Waals surface area contributed by atoms with Crippen molar-refractivity contribution in [1.29, 1.82) is 0 Å². The van der Waals surface area contributed by atoms with E-state index in [1.54, 1.807) is 0 Å². The molecule has 0 unspecified atom stereocenters. The number of nitrogens with one attached hydrogen (secondary N) is 1. The van der Waals surface area contributed by atoms with Gasteiger partial charge in [0.15, 0.2) is 0 Å². The van der Waals surface area contributed by atoms with Crippen LogP contribution in [0.25, 0.3) is 0 Å². The highest BCUT2D eigenvalue weighted by molar-refractivity contribution is 6.34. The number of methoxy groups -OCH3 is 1. The molecule has 0 aliphatic rings. The molecule has 0 heterocycles. The van der Waals surface area contributed by atoms with Crippen LogP contribution in [-0.4, -0.2) is 13.0 Å². The molecule has 1 amide bonds. The van der Waals surface area contributed by atoms with Crippen LogP contribution in [-0.2, 0) is 0 Å². The second-order valence-corrected chi connectivity index (χ2v) is 4.33. The summed E-state index contributed by atoms with van der Waals surface area (Å²) in [5.74, 6) is -1.46. The standard InChI is InChI=1S/C14H10ClF2NO2/c1-20-13-5-3-8(16)6-10(13)14(19)18-12-4-2-9(17)7-11(12)15/h2-7H,1H3,(H,18,19). The van der Waals surface area contributed by atoms with Gasteiger partial charge in [0.2, 0.25) is 0 Å². The molecule has 0 bridgehead atoms. The van der Waals surface area contributed by atoms with Gasteiger partial charge in [0.05, 0.1) is 23.4 Å². The Balaban J connectivity index is 2.30. The number of rotatable bonds is 3. The molecule has 0 atom stereocenters. The number of hydrogen-bond acceptors (Lipinski definition) is 2. The lowest BCUT2D eigenvalue weighted by Crippen LogP contribution is -2.14. The summed E-state index contributed by atoms with van der Waals surface area (Å²) in [6.45, 7) is 0. The van der Waals surface area contributed by atoms with Crippen molar-refractivity contribution in [3.63, 3.8) is 0 Å². The van der Waals surface area contributed by atoms with Crippen molar-refractivity contribution in [2.24, 2.45) is 0 Å². The Morgan fingerprint density at radius 2 is 1.80 bits per heavy atom. The highest BCUT2D eigenvalue weighted by atomic mass is 35.5. The van der Waals surface area contributed by atoms with Crippen molar-refractivity contribution in [3.05, 3.63) is 58.6 Å². The highest BCUT2D eigenvalue weighted by Crippen LogP contribution is 2.25. The lowest BCUT2D eigenvalue weighted by atomic mass is 10.1. The fourth-order valence-electron chi connectivity index (χ4n) is 1.64. The molecule has 1 N–H and O–H groups in total. The number of halogens is 3. The zero-order valence-electron chi connectivity index (χ0n) is 10.4. The lowest BCUT2D eigenvalue weighted by molar-refractivity contribution is 0.102. The molecule has 0 saturated heterocycles. The average Bonchev–Trinajstić information content (AvgIpc) is 2.41. The van der Waals surface area contributed by atoms with Crippen LogP contribution in [0.1, 0.15) is 10.4 Å². The Hall–Kier alpha value is -2.14. The second-order valence-electron chi connectivity index (χ2n) is 3.92. The van der Waals surface area contributed by atoms with Gasteiger partial charge in [-0.3, -0.25) is 4.79 Å². The molecule has 0 saturated carbocycles. The Labute approximate surface area is 119 Å². The first kappa shape index (κ1) is 14.3. The molecule has 20 heavy (non-hydrogen) atoms. The number of benzene rings is 2. The molecule has 0 fully saturated rings. The number of anilines is 1. The van der Waals surface area contributed by atoms with Crippen LogP contribution in [0.4, 0.5) is 14.5 Å². The van der Waals surface area contributed by atoms with E-state index in [0.717, 1.165) is 18.2 Å². The maximum atomic E-state index is 13.2. The minimum absolute atomic E-state index is 0.0212. The number of amides is 1. The Bertz CT molecular complexity index is 662. The predicted molar refractivity (Wildman–Crippen MR) is 72.3 cm³/mol. The fourth-order valence-corrected chi connectivity index (χ4v) is 1.85. The molecule has 2 aromatic carbocycles. The van der Waals surface area contributed by atoms with Gasteiger partial charge in [-0.2, -0.15) is 0 Å². The van der Waals surface area contributed by atoms with Crippen LogP contribution in [0.2, 0.25) is 5.02 Å². The molecular formula is C14H10ClF2NO2. The van der Waals surface area contributed by atoms with E-state index in [-0.39, 0.29) is 22.0 Å². The Kier molecular flexibility index (Phi) is 4.20. The van der Waals surface area contributed by atoms with E-state index in [1.807, 2.05) is 0 Å². The van der Waals surface area contributed by atoms with Gasteiger partial charge in [0.25, 0.3) is 5.91 Å². The van der Waals surface area contributed by atoms with E-state index in [2.05, 4.69) is 5.32 Å². The lowest BCUT2D eigenvalue weighted by Gasteiger charge is -2.10. The molecule has 2 rings (SSSR count). The van der Waals surface area contributed by atoms with Gasteiger partial charge in [-0.1, -0.05) is 11.6 Å². The molecule has 104 valence electrons. The van der Waals surface area contributed by atoms with Crippen LogP contribution in [0.3, 0.4) is 0 Å². The van der Waals surface area contributed by atoms with E-state index >= 15 is 0 Å². The average molecular weight is 298 g/mol. The first-order valence-corrected chi connectivity index (χ1v) is 5.99. The summed E-state index contributed by atoms with van der Waals surface area (Å²) in [6.07, 6.45) is 0. The molecule has 0 spiro atoms. The third-order valence-corrected chi connectivity index (χ3v) is 2.90. The van der Waals surface area contributed by atoms with Crippen molar-refractivity contribution in [2.45, 2.75) is 0 Å². The quantitative estimate of drug-likeness (QED) is 0.933. The first-order valence-electron chi connectivity index (χ1n) is 5.61. The highest BCUT2D eigenvalue weighted by Gasteiger charge is 2.15. The van der Waals surface area contributed by atoms with Gasteiger partial charge in [-0.05, 0) is 36.4 Å². The molecule has 3 nitrogen and oxygen atoms in total. The predicted octanol–water partition coefficient (Wildman–Crippen LogP) is 3.88. The summed E-state index contributed by atoms with van der Waals surface area (Å²) in [7, 11) is 1.37. The summed E-state index contributed by atoms with van der Waals surface area (Å²) >= 11 is 5.81. The number of carbonyl (C=O) groups excluding carboxylic acids is 1. The fraction of sp³-hybridized carbons (Fsp3) is 0.0714. The summed E-state index contributed by atoms with van der Waals surface area (Å²) in [5, 5.41) is 2.52. The van der Waals surface area contributed by atoms with Gasteiger partial charge in [0, 0.05) is 0 Å². The second kappa shape index (κ2) is 5.88. The van der Waals surface area contributed by atoms with Crippen molar-refractivity contribution >= 4 is 23.2 Å². The number of hydrogen-bond donors (Lipinski definition) is 1. The first-order chi connectivity index (χ1) is 9.51. The van der Waals surface area contributed by atoms with Gasteiger partial charge in [0.1, 0.15) is 17.4 Å². The zero-order valence-corrected chi connectivity index (χ0v) is 11.2. The van der Waals surface area contributed by atoms with E-state index in [4.69, 9.17) is 16.3 Å². The largest absolute Gasteiger partial charge is 0.496 e. The molecule has 6 heteroatoms. The maximum absolute atomic E-state index is 13.2. The maximum Gasteiger partial charge on any atom is 0.259 e. The Morgan fingerprint density at radius 3 is 2.45 bits per heavy atom. The van der Waals surface area contributed by atoms with Crippen molar-refractivity contribution < 1.29 is 18.3 Å². The molecule has 2 aromatic rings. The van der Waals surface area contributed by atoms with Crippen LogP contribution in [0.15, 0.2) is 36.4 Å². The minimum atomic E-state index is -0.602. The topological polar surface area (TPSA) is 38.3 Å². The van der Waals surface area contributed by atoms with Gasteiger partial charge in [-0.25, -0.2) is 8.78 Å². The minimum Gasteiger partial charge on any atom is -0.496 e. The SMILES string of the molecule is COc1ccc(F)cc1C(=O)Nc1ccc(F)cc1Cl. The molecule has 0 radical (unpaired) electrons. The normalized spacial score (nSPS) is 10.2. The van der Waals surface area contributed by atoms with E-state index in [9.17, 15) is 13.6 Å². The van der Waals surface area contributed by atoms with E-state index in [0.29, 0.717) is 0 Å². The smallest absolute Gasteiger partial charge is 0.259 e. The van der Waals surface area contributed by atoms with Crippen molar-refractivity contribution in [1.82, 2.24) is 0 Å². The molecule has 0 aliphatic heterocycles.